The zero-order valence-corrected chi connectivity index (χ0v) is 15.1. The molecule has 0 aliphatic carbocycles. The minimum atomic E-state index is -3.97. The van der Waals surface area contributed by atoms with Gasteiger partial charge >= 0.3 is 5.97 Å². The Balaban J connectivity index is 2.68. The van der Waals surface area contributed by atoms with Crippen molar-refractivity contribution < 1.29 is 22.4 Å². The molecular formula is C13H18BrClO5S. The van der Waals surface area contributed by atoms with Gasteiger partial charge in [0.25, 0.3) is 9.05 Å². The van der Waals surface area contributed by atoms with Crippen LogP contribution in [0.15, 0.2) is 20.0 Å². The zero-order chi connectivity index (χ0) is 16.0. The lowest BCUT2D eigenvalue weighted by Gasteiger charge is -2.13. The fourth-order valence-corrected chi connectivity index (χ4v) is 3.81. The van der Waals surface area contributed by atoms with Crippen LogP contribution in [0.25, 0.3) is 0 Å². The van der Waals surface area contributed by atoms with Gasteiger partial charge in [-0.2, -0.15) is 0 Å². The van der Waals surface area contributed by atoms with Gasteiger partial charge in [-0.05, 0) is 28.3 Å². The van der Waals surface area contributed by atoms with Crippen molar-refractivity contribution >= 4 is 41.6 Å². The minimum Gasteiger partial charge on any atom is -0.460 e. The van der Waals surface area contributed by atoms with E-state index < -0.39 is 15.0 Å². The molecule has 1 aromatic heterocycles. The van der Waals surface area contributed by atoms with E-state index in [1.165, 1.54) is 0 Å². The molecule has 0 spiro atoms. The fourth-order valence-electron chi connectivity index (χ4n) is 1.78. The Kier molecular flexibility index (Phi) is 7.23. The van der Waals surface area contributed by atoms with Gasteiger partial charge in [0.2, 0.25) is 5.76 Å². The van der Waals surface area contributed by atoms with Crippen LogP contribution in [-0.2, 0) is 13.8 Å². The lowest BCUT2D eigenvalue weighted by Crippen LogP contribution is -2.13. The number of hydrogen-bond acceptors (Lipinski definition) is 5. The van der Waals surface area contributed by atoms with E-state index in [9.17, 15) is 13.2 Å². The van der Waals surface area contributed by atoms with Crippen molar-refractivity contribution in [2.75, 3.05) is 6.61 Å². The number of halogens is 2. The summed E-state index contributed by atoms with van der Waals surface area (Å²) in [7, 11) is 1.25. The Morgan fingerprint density at radius 3 is 2.62 bits per heavy atom. The quantitative estimate of drug-likeness (QED) is 0.478. The number of ether oxygens (including phenoxy) is 1. The van der Waals surface area contributed by atoms with Crippen LogP contribution in [0.2, 0.25) is 0 Å². The van der Waals surface area contributed by atoms with Crippen LogP contribution in [0.1, 0.15) is 50.1 Å². The normalized spacial score (nSPS) is 13.1. The molecule has 1 atom stereocenters. The Hall–Kier alpha value is -0.530. The first-order valence-electron chi connectivity index (χ1n) is 6.70. The van der Waals surface area contributed by atoms with Crippen molar-refractivity contribution in [3.63, 3.8) is 0 Å². The Morgan fingerprint density at radius 2 is 2.14 bits per heavy atom. The molecule has 0 N–H and O–H groups in total. The highest BCUT2D eigenvalue weighted by atomic mass is 79.9. The van der Waals surface area contributed by atoms with Gasteiger partial charge in [0.05, 0.1) is 6.61 Å². The van der Waals surface area contributed by atoms with Gasteiger partial charge < -0.3 is 9.15 Å². The third-order valence-electron chi connectivity index (χ3n) is 3.11. The highest BCUT2D eigenvalue weighted by molar-refractivity contribution is 9.10. The van der Waals surface area contributed by atoms with Crippen molar-refractivity contribution in [2.45, 2.75) is 44.4 Å². The number of hydrogen-bond donors (Lipinski definition) is 0. The van der Waals surface area contributed by atoms with Crippen LogP contribution in [-0.4, -0.2) is 21.0 Å². The predicted octanol–water partition coefficient (Wildman–Crippen LogP) is 4.34. The Morgan fingerprint density at radius 1 is 1.48 bits per heavy atom. The molecule has 1 heterocycles. The molecule has 1 unspecified atom stereocenters. The van der Waals surface area contributed by atoms with Gasteiger partial charge in [0.15, 0.2) is 4.67 Å². The van der Waals surface area contributed by atoms with Crippen LogP contribution < -0.4 is 0 Å². The van der Waals surface area contributed by atoms with Crippen molar-refractivity contribution in [1.29, 1.82) is 0 Å². The maximum Gasteiger partial charge on any atom is 0.374 e. The molecule has 0 amide bonds. The van der Waals surface area contributed by atoms with Crippen LogP contribution in [0, 0.1) is 5.92 Å². The molecular weight excluding hydrogens is 384 g/mol. The summed E-state index contributed by atoms with van der Waals surface area (Å²) in [5.74, 6) is -0.591. The lowest BCUT2D eigenvalue weighted by atomic mass is 10.0. The monoisotopic (exact) mass is 400 g/mol. The van der Waals surface area contributed by atoms with E-state index >= 15 is 0 Å². The first-order chi connectivity index (χ1) is 9.79. The summed E-state index contributed by atoms with van der Waals surface area (Å²) < 4.78 is 32.6. The molecule has 0 saturated heterocycles. The summed E-state index contributed by atoms with van der Waals surface area (Å²) in [5.41, 5.74) is 0. The Bertz CT molecular complexity index is 581. The highest BCUT2D eigenvalue weighted by Gasteiger charge is 2.24. The van der Waals surface area contributed by atoms with Gasteiger partial charge in [-0.1, -0.05) is 33.1 Å². The number of unbranched alkanes of at least 4 members (excludes halogenated alkanes) is 1. The maximum atomic E-state index is 11.9. The van der Waals surface area contributed by atoms with E-state index in [0.29, 0.717) is 5.92 Å². The van der Waals surface area contributed by atoms with Crippen LogP contribution in [0.3, 0.4) is 0 Å². The third-order valence-corrected chi connectivity index (χ3v) is 5.29. The van der Waals surface area contributed by atoms with Gasteiger partial charge in [-0.3, -0.25) is 0 Å². The van der Waals surface area contributed by atoms with E-state index in [4.69, 9.17) is 19.8 Å². The lowest BCUT2D eigenvalue weighted by molar-refractivity contribution is 0.0391. The smallest absolute Gasteiger partial charge is 0.374 e. The van der Waals surface area contributed by atoms with Crippen LogP contribution >= 0.6 is 26.6 Å². The zero-order valence-electron chi connectivity index (χ0n) is 11.9. The second kappa shape index (κ2) is 8.19. The van der Waals surface area contributed by atoms with Gasteiger partial charge in [0, 0.05) is 16.7 Å². The molecule has 120 valence electrons. The van der Waals surface area contributed by atoms with Crippen molar-refractivity contribution in [3.05, 3.63) is 16.5 Å². The fraction of sp³-hybridized carbons (Fsp3) is 0.615. The Labute approximate surface area is 137 Å². The SMILES string of the molecule is CCCCC(CC)COC(=O)c1cc(S(=O)(=O)Cl)c(Br)o1. The second-order valence-electron chi connectivity index (χ2n) is 4.70. The highest BCUT2D eigenvalue weighted by Crippen LogP contribution is 2.29. The van der Waals surface area contributed by atoms with E-state index in [-0.39, 0.29) is 21.9 Å². The summed E-state index contributed by atoms with van der Waals surface area (Å²) in [5, 5.41) is 0. The third kappa shape index (κ3) is 5.64. The van der Waals surface area contributed by atoms with Gasteiger partial charge in [-0.25, -0.2) is 13.2 Å². The molecule has 5 nitrogen and oxygen atoms in total. The molecule has 0 fully saturated rings. The second-order valence-corrected chi connectivity index (χ2v) is 7.96. The van der Waals surface area contributed by atoms with E-state index in [1.54, 1.807) is 0 Å². The number of esters is 1. The molecule has 0 bridgehead atoms. The summed E-state index contributed by atoms with van der Waals surface area (Å²) in [6, 6.07) is 1.06. The summed E-state index contributed by atoms with van der Waals surface area (Å²) in [6.07, 6.45) is 4.07. The molecule has 8 heteroatoms. The molecule has 1 aromatic rings. The van der Waals surface area contributed by atoms with Crippen molar-refractivity contribution in [1.82, 2.24) is 0 Å². The van der Waals surface area contributed by atoms with Crippen molar-refractivity contribution in [3.8, 4) is 0 Å². The number of carbonyl (C=O) groups excluding carboxylic acids is 1. The number of carbonyl (C=O) groups is 1. The van der Waals surface area contributed by atoms with E-state index in [0.717, 1.165) is 31.7 Å². The minimum absolute atomic E-state index is 0.109. The predicted molar refractivity (Wildman–Crippen MR) is 83.0 cm³/mol. The first-order valence-corrected chi connectivity index (χ1v) is 9.80. The number of furan rings is 1. The van der Waals surface area contributed by atoms with E-state index in [1.807, 2.05) is 6.92 Å². The summed E-state index contributed by atoms with van der Waals surface area (Å²) >= 11 is 2.91. The average Bonchev–Trinajstić information content (AvgIpc) is 2.81. The molecule has 0 aliphatic heterocycles. The number of rotatable bonds is 8. The summed E-state index contributed by atoms with van der Waals surface area (Å²) in [4.78, 5) is 11.6. The van der Waals surface area contributed by atoms with E-state index in [2.05, 4.69) is 22.9 Å². The molecule has 0 aliphatic rings. The largest absolute Gasteiger partial charge is 0.460 e. The van der Waals surface area contributed by atoms with Crippen LogP contribution in [0.5, 0.6) is 0 Å². The van der Waals surface area contributed by atoms with Crippen molar-refractivity contribution in [2.24, 2.45) is 5.92 Å². The van der Waals surface area contributed by atoms with Crippen LogP contribution in [0.4, 0.5) is 0 Å². The average molecular weight is 402 g/mol. The molecule has 21 heavy (non-hydrogen) atoms. The molecule has 0 saturated carbocycles. The summed E-state index contributed by atoms with van der Waals surface area (Å²) in [6.45, 7) is 4.43. The maximum absolute atomic E-state index is 11.9. The first kappa shape index (κ1) is 18.5. The van der Waals surface area contributed by atoms with Gasteiger partial charge in [-0.15, -0.1) is 0 Å². The molecule has 0 aromatic carbocycles. The molecule has 1 rings (SSSR count). The van der Waals surface area contributed by atoms with Gasteiger partial charge in [0.1, 0.15) is 4.90 Å². The standard InChI is InChI=1S/C13H18BrClO5S/c1-3-5-6-9(4-2)8-19-13(16)10-7-11(12(14)20-10)21(15,17)18/h7,9H,3-6,8H2,1-2H3. The molecule has 0 radical (unpaired) electrons. The topological polar surface area (TPSA) is 73.6 Å².